The zero-order valence-corrected chi connectivity index (χ0v) is 13.2. The van der Waals surface area contributed by atoms with E-state index in [1.165, 1.54) is 5.56 Å². The highest BCUT2D eigenvalue weighted by molar-refractivity contribution is 9.10. The van der Waals surface area contributed by atoms with Gasteiger partial charge in [0.1, 0.15) is 11.3 Å². The van der Waals surface area contributed by atoms with Crippen LogP contribution in [0, 0.1) is 6.92 Å². The number of hydrogen-bond donors (Lipinski definition) is 1. The van der Waals surface area contributed by atoms with Crippen LogP contribution in [0.5, 0.6) is 0 Å². The van der Waals surface area contributed by atoms with Gasteiger partial charge in [-0.1, -0.05) is 39.2 Å². The van der Waals surface area contributed by atoms with Gasteiger partial charge in [-0.3, -0.25) is 0 Å². The number of halogens is 2. The third kappa shape index (κ3) is 2.62. The van der Waals surface area contributed by atoms with E-state index in [-0.39, 0.29) is 6.04 Å². The van der Waals surface area contributed by atoms with Crippen molar-refractivity contribution in [2.45, 2.75) is 13.0 Å². The fourth-order valence-corrected chi connectivity index (χ4v) is 3.14. The normalized spacial score (nSPS) is 12.8. The molecule has 1 atom stereocenters. The van der Waals surface area contributed by atoms with Gasteiger partial charge in [0.15, 0.2) is 0 Å². The summed E-state index contributed by atoms with van der Waals surface area (Å²) < 4.78 is 6.74. The van der Waals surface area contributed by atoms with Gasteiger partial charge in [0.25, 0.3) is 0 Å². The van der Waals surface area contributed by atoms with Gasteiger partial charge in [0.05, 0.1) is 6.04 Å². The molecule has 0 aliphatic carbocycles. The summed E-state index contributed by atoms with van der Waals surface area (Å²) in [6, 6.07) is 13.4. The topological polar surface area (TPSA) is 39.2 Å². The number of furan rings is 1. The monoisotopic (exact) mass is 349 g/mol. The highest BCUT2D eigenvalue weighted by Gasteiger charge is 2.15. The summed E-state index contributed by atoms with van der Waals surface area (Å²) in [4.78, 5) is 0. The number of benzene rings is 2. The fraction of sp³-hybridized carbons (Fsp3) is 0.125. The van der Waals surface area contributed by atoms with Crippen LogP contribution in [0.3, 0.4) is 0 Å². The van der Waals surface area contributed by atoms with Crippen LogP contribution in [0.25, 0.3) is 11.0 Å². The van der Waals surface area contributed by atoms with E-state index in [4.69, 9.17) is 21.8 Å². The van der Waals surface area contributed by atoms with Crippen molar-refractivity contribution >= 4 is 38.5 Å². The molecule has 0 saturated carbocycles. The van der Waals surface area contributed by atoms with Gasteiger partial charge >= 0.3 is 0 Å². The van der Waals surface area contributed by atoms with E-state index in [1.807, 2.05) is 36.4 Å². The minimum atomic E-state index is -0.335. The van der Waals surface area contributed by atoms with Crippen LogP contribution in [0.15, 0.2) is 51.4 Å². The van der Waals surface area contributed by atoms with Gasteiger partial charge < -0.3 is 10.2 Å². The molecule has 0 spiro atoms. The smallest absolute Gasteiger partial charge is 0.134 e. The lowest BCUT2D eigenvalue weighted by molar-refractivity contribution is 0.525. The molecule has 0 bridgehead atoms. The summed E-state index contributed by atoms with van der Waals surface area (Å²) in [6.07, 6.45) is 0. The van der Waals surface area contributed by atoms with Crippen molar-refractivity contribution in [3.8, 4) is 0 Å². The maximum Gasteiger partial charge on any atom is 0.134 e. The molecule has 3 aromatic rings. The summed E-state index contributed by atoms with van der Waals surface area (Å²) in [6.45, 7) is 2.06. The standard InChI is InChI=1S/C16H13BrClNO/c1-9-2-3-14-10(4-9)7-15(20-14)16(19)11-5-12(17)8-13(18)6-11/h2-8,16H,19H2,1H3. The lowest BCUT2D eigenvalue weighted by Crippen LogP contribution is -2.10. The van der Waals surface area contributed by atoms with E-state index in [9.17, 15) is 0 Å². The third-order valence-corrected chi connectivity index (χ3v) is 3.92. The van der Waals surface area contributed by atoms with Crippen molar-refractivity contribution in [2.24, 2.45) is 5.73 Å². The average molecular weight is 351 g/mol. The third-order valence-electron chi connectivity index (χ3n) is 3.24. The van der Waals surface area contributed by atoms with Crippen LogP contribution in [0.4, 0.5) is 0 Å². The molecule has 1 heterocycles. The number of aryl methyl sites for hydroxylation is 1. The van der Waals surface area contributed by atoms with E-state index in [0.717, 1.165) is 26.8 Å². The molecule has 0 radical (unpaired) electrons. The molecule has 0 saturated heterocycles. The average Bonchev–Trinajstić information content (AvgIpc) is 2.79. The van der Waals surface area contributed by atoms with Gasteiger partial charge in [-0.15, -0.1) is 0 Å². The lowest BCUT2D eigenvalue weighted by Gasteiger charge is -2.10. The van der Waals surface area contributed by atoms with E-state index >= 15 is 0 Å². The fourth-order valence-electron chi connectivity index (χ4n) is 2.26. The molecule has 20 heavy (non-hydrogen) atoms. The predicted molar refractivity (Wildman–Crippen MR) is 86.1 cm³/mol. The Kier molecular flexibility index (Phi) is 3.59. The van der Waals surface area contributed by atoms with Crippen molar-refractivity contribution in [3.63, 3.8) is 0 Å². The molecule has 0 aliphatic heterocycles. The van der Waals surface area contributed by atoms with Gasteiger partial charge in [-0.2, -0.15) is 0 Å². The van der Waals surface area contributed by atoms with Crippen LogP contribution in [0.2, 0.25) is 5.02 Å². The van der Waals surface area contributed by atoms with E-state index in [2.05, 4.69) is 28.9 Å². The molecule has 2 N–H and O–H groups in total. The van der Waals surface area contributed by atoms with Crippen LogP contribution < -0.4 is 5.73 Å². The molecule has 2 nitrogen and oxygen atoms in total. The number of rotatable bonds is 2. The second-order valence-corrected chi connectivity index (χ2v) is 6.22. The molecule has 1 unspecified atom stereocenters. The van der Waals surface area contributed by atoms with E-state index < -0.39 is 0 Å². The number of fused-ring (bicyclic) bond motifs is 1. The maximum absolute atomic E-state index is 6.28. The Morgan fingerprint density at radius 2 is 1.95 bits per heavy atom. The first-order chi connectivity index (χ1) is 9.52. The summed E-state index contributed by atoms with van der Waals surface area (Å²) in [5, 5.41) is 1.72. The molecule has 102 valence electrons. The van der Waals surface area contributed by atoms with Crippen molar-refractivity contribution < 1.29 is 4.42 Å². The highest BCUT2D eigenvalue weighted by atomic mass is 79.9. The molecule has 0 amide bonds. The van der Waals surface area contributed by atoms with Gasteiger partial charge in [0, 0.05) is 14.9 Å². The first kappa shape index (κ1) is 13.7. The minimum absolute atomic E-state index is 0.335. The molecule has 0 fully saturated rings. The van der Waals surface area contributed by atoms with E-state index in [1.54, 1.807) is 0 Å². The first-order valence-corrected chi connectivity index (χ1v) is 7.42. The Balaban J connectivity index is 2.05. The summed E-state index contributed by atoms with van der Waals surface area (Å²) in [5.74, 6) is 0.736. The van der Waals surface area contributed by atoms with Gasteiger partial charge in [-0.25, -0.2) is 0 Å². The van der Waals surface area contributed by atoms with Gasteiger partial charge in [0.2, 0.25) is 0 Å². The number of hydrogen-bond acceptors (Lipinski definition) is 2. The van der Waals surface area contributed by atoms with Crippen LogP contribution in [-0.4, -0.2) is 0 Å². The lowest BCUT2D eigenvalue weighted by atomic mass is 10.1. The van der Waals surface area contributed by atoms with Crippen molar-refractivity contribution in [2.75, 3.05) is 0 Å². The Morgan fingerprint density at radius 3 is 2.70 bits per heavy atom. The van der Waals surface area contributed by atoms with Crippen LogP contribution >= 0.6 is 27.5 Å². The molecule has 2 aromatic carbocycles. The van der Waals surface area contributed by atoms with Crippen LogP contribution in [-0.2, 0) is 0 Å². The summed E-state index contributed by atoms with van der Waals surface area (Å²) in [7, 11) is 0. The Labute approximate surface area is 130 Å². The molecule has 4 heteroatoms. The Bertz CT molecular complexity index is 761. The molecular weight excluding hydrogens is 338 g/mol. The van der Waals surface area contributed by atoms with Crippen LogP contribution in [0.1, 0.15) is 22.9 Å². The molecule has 3 rings (SSSR count). The predicted octanol–water partition coefficient (Wildman–Crippen LogP) is 5.21. The first-order valence-electron chi connectivity index (χ1n) is 6.24. The van der Waals surface area contributed by atoms with Crippen molar-refractivity contribution in [3.05, 3.63) is 68.8 Å². The zero-order chi connectivity index (χ0) is 14.3. The Morgan fingerprint density at radius 1 is 1.15 bits per heavy atom. The van der Waals surface area contributed by atoms with Gasteiger partial charge in [-0.05, 0) is 48.9 Å². The summed E-state index contributed by atoms with van der Waals surface area (Å²) >= 11 is 9.49. The highest BCUT2D eigenvalue weighted by Crippen LogP contribution is 2.30. The molecular formula is C16H13BrClNO. The van der Waals surface area contributed by atoms with E-state index in [0.29, 0.717) is 5.02 Å². The largest absolute Gasteiger partial charge is 0.459 e. The molecule has 0 aliphatic rings. The SMILES string of the molecule is Cc1ccc2oc(C(N)c3cc(Cl)cc(Br)c3)cc2c1. The second-order valence-electron chi connectivity index (χ2n) is 4.87. The summed E-state index contributed by atoms with van der Waals surface area (Å²) in [5.41, 5.74) is 9.25. The number of nitrogens with two attached hydrogens (primary N) is 1. The van der Waals surface area contributed by atoms with Crippen molar-refractivity contribution in [1.29, 1.82) is 0 Å². The zero-order valence-electron chi connectivity index (χ0n) is 10.9. The van der Waals surface area contributed by atoms with Crippen molar-refractivity contribution in [1.82, 2.24) is 0 Å². The minimum Gasteiger partial charge on any atom is -0.459 e. The quantitative estimate of drug-likeness (QED) is 0.689. The Hall–Kier alpha value is -1.29. The maximum atomic E-state index is 6.28. The molecule has 1 aromatic heterocycles. The second kappa shape index (κ2) is 5.24.